The number of rotatable bonds is 3. The van der Waals surface area contributed by atoms with Crippen LogP contribution in [-0.4, -0.2) is 9.78 Å². The van der Waals surface area contributed by atoms with Gasteiger partial charge in [0, 0.05) is 0 Å². The Balaban J connectivity index is 2.09. The number of benzene rings is 1. The first-order chi connectivity index (χ1) is 11.4. The second-order valence-corrected chi connectivity index (χ2v) is 6.30. The number of hydrogen-bond acceptors (Lipinski definition) is 3. The number of nitriles is 1. The third kappa shape index (κ3) is 3.05. The first kappa shape index (κ1) is 16.3. The highest BCUT2D eigenvalue weighted by molar-refractivity contribution is 7.15. The van der Waals surface area contributed by atoms with E-state index in [-0.39, 0.29) is 5.69 Å². The van der Waals surface area contributed by atoms with Crippen LogP contribution in [-0.2, 0) is 6.18 Å². The van der Waals surface area contributed by atoms with E-state index < -0.39 is 17.9 Å². The molecule has 0 aliphatic heterocycles. The van der Waals surface area contributed by atoms with Gasteiger partial charge in [-0.05, 0) is 30.7 Å². The first-order valence-corrected chi connectivity index (χ1v) is 7.94. The van der Waals surface area contributed by atoms with Crippen LogP contribution in [0, 0.1) is 11.3 Å². The molecule has 0 fully saturated rings. The maximum absolute atomic E-state index is 13.4. The summed E-state index contributed by atoms with van der Waals surface area (Å²) < 4.78 is 41.2. The Morgan fingerprint density at radius 3 is 2.46 bits per heavy atom. The van der Waals surface area contributed by atoms with Gasteiger partial charge in [-0.3, -0.25) is 4.68 Å². The fraction of sp³-hybridized carbons (Fsp3) is 0.176. The van der Waals surface area contributed by atoms with Gasteiger partial charge in [-0.15, -0.1) is 11.3 Å². The predicted molar refractivity (Wildman–Crippen MR) is 85.5 cm³/mol. The fourth-order valence-corrected chi connectivity index (χ4v) is 3.19. The van der Waals surface area contributed by atoms with Gasteiger partial charge in [0.2, 0.25) is 0 Å². The lowest BCUT2D eigenvalue weighted by molar-refractivity contribution is -0.144. The average Bonchev–Trinajstić information content (AvgIpc) is 3.21. The normalized spacial score (nSPS) is 12.8. The summed E-state index contributed by atoms with van der Waals surface area (Å²) >= 11 is 1.12. The number of hydrogen-bond donors (Lipinski definition) is 0. The molecule has 0 amide bonds. The Morgan fingerprint density at radius 1 is 1.17 bits per heavy atom. The van der Waals surface area contributed by atoms with Gasteiger partial charge in [-0.25, -0.2) is 0 Å². The van der Waals surface area contributed by atoms with Crippen molar-refractivity contribution in [3.63, 3.8) is 0 Å². The van der Waals surface area contributed by atoms with E-state index in [2.05, 4.69) is 5.10 Å². The average molecular weight is 347 g/mol. The molecule has 3 rings (SSSR count). The number of alkyl halides is 3. The molecular weight excluding hydrogens is 335 g/mol. The molecule has 24 heavy (non-hydrogen) atoms. The minimum atomic E-state index is -4.51. The molecule has 0 saturated carbocycles. The molecule has 122 valence electrons. The van der Waals surface area contributed by atoms with Crippen molar-refractivity contribution in [3.05, 3.63) is 64.7 Å². The number of nitrogens with zero attached hydrogens (tertiary/aromatic N) is 3. The maximum Gasteiger partial charge on any atom is 0.433 e. The summed E-state index contributed by atoms with van der Waals surface area (Å²) in [6, 6.07) is 14.5. The molecule has 0 spiro atoms. The van der Waals surface area contributed by atoms with Crippen molar-refractivity contribution in [2.75, 3.05) is 0 Å². The summed E-state index contributed by atoms with van der Waals surface area (Å²) in [7, 11) is 0. The zero-order chi connectivity index (χ0) is 17.3. The van der Waals surface area contributed by atoms with E-state index in [9.17, 15) is 13.2 Å². The summed E-state index contributed by atoms with van der Waals surface area (Å²) in [4.78, 5) is 0.972. The molecule has 1 unspecified atom stereocenters. The summed E-state index contributed by atoms with van der Waals surface area (Å²) in [5.41, 5.74) is 0.152. The molecule has 0 aliphatic carbocycles. The zero-order valence-electron chi connectivity index (χ0n) is 12.6. The lowest BCUT2D eigenvalue weighted by Gasteiger charge is -2.17. The van der Waals surface area contributed by atoms with Crippen LogP contribution in [0.15, 0.2) is 48.5 Å². The monoisotopic (exact) mass is 347 g/mol. The fourth-order valence-electron chi connectivity index (χ4n) is 2.43. The van der Waals surface area contributed by atoms with E-state index in [1.54, 1.807) is 43.3 Å². The number of thiophene rings is 1. The minimum Gasteiger partial charge on any atom is -0.253 e. The van der Waals surface area contributed by atoms with E-state index in [1.807, 2.05) is 12.1 Å². The smallest absolute Gasteiger partial charge is 0.253 e. The van der Waals surface area contributed by atoms with E-state index in [4.69, 9.17) is 5.26 Å². The second kappa shape index (κ2) is 6.13. The van der Waals surface area contributed by atoms with E-state index in [0.29, 0.717) is 9.75 Å². The van der Waals surface area contributed by atoms with Gasteiger partial charge in [0.05, 0.1) is 10.9 Å². The second-order valence-electron chi connectivity index (χ2n) is 5.22. The van der Waals surface area contributed by atoms with Crippen LogP contribution in [0.5, 0.6) is 0 Å². The lowest BCUT2D eigenvalue weighted by Crippen LogP contribution is -2.18. The van der Waals surface area contributed by atoms with Crippen LogP contribution in [0.25, 0.3) is 10.6 Å². The molecule has 2 heterocycles. The van der Waals surface area contributed by atoms with Crippen molar-refractivity contribution in [3.8, 4) is 16.6 Å². The van der Waals surface area contributed by atoms with Crippen molar-refractivity contribution >= 4 is 11.3 Å². The molecule has 2 aromatic heterocycles. The van der Waals surface area contributed by atoms with Crippen LogP contribution >= 0.6 is 11.3 Å². The number of aromatic nitrogens is 2. The van der Waals surface area contributed by atoms with Crippen molar-refractivity contribution in [2.24, 2.45) is 0 Å². The Bertz CT molecular complexity index is 888. The molecule has 0 bridgehead atoms. The van der Waals surface area contributed by atoms with Crippen LogP contribution < -0.4 is 0 Å². The van der Waals surface area contributed by atoms with E-state index in [0.717, 1.165) is 27.6 Å². The molecule has 0 aliphatic rings. The summed E-state index contributed by atoms with van der Waals surface area (Å²) in [6.45, 7) is 1.68. The Morgan fingerprint density at radius 2 is 1.88 bits per heavy atom. The third-order valence-electron chi connectivity index (χ3n) is 3.64. The summed E-state index contributed by atoms with van der Waals surface area (Å²) in [5.74, 6) is 0. The topological polar surface area (TPSA) is 41.6 Å². The molecule has 3 nitrogen and oxygen atoms in total. The highest BCUT2D eigenvalue weighted by Crippen LogP contribution is 2.36. The van der Waals surface area contributed by atoms with Gasteiger partial charge in [0.25, 0.3) is 0 Å². The standard InChI is InChI=1S/C17H12F3N3S/c1-11(12-5-3-2-4-6-12)23-16(17(18,19)20)9-14(22-23)15-8-7-13(10-21)24-15/h2-9,11H,1H3. The molecule has 3 aromatic rings. The molecule has 7 heteroatoms. The van der Waals surface area contributed by atoms with Crippen LogP contribution in [0.2, 0.25) is 0 Å². The van der Waals surface area contributed by atoms with Crippen LogP contribution in [0.4, 0.5) is 13.2 Å². The molecule has 0 N–H and O–H groups in total. The molecule has 0 saturated heterocycles. The lowest BCUT2D eigenvalue weighted by atomic mass is 10.1. The Kier molecular flexibility index (Phi) is 4.16. The van der Waals surface area contributed by atoms with E-state index in [1.165, 1.54) is 0 Å². The zero-order valence-corrected chi connectivity index (χ0v) is 13.4. The Labute approximate surface area is 140 Å². The van der Waals surface area contributed by atoms with Gasteiger partial charge >= 0.3 is 6.18 Å². The Hall–Kier alpha value is -2.59. The first-order valence-electron chi connectivity index (χ1n) is 7.12. The SMILES string of the molecule is CC(c1ccccc1)n1nc(-c2ccc(C#N)s2)cc1C(F)(F)F. The van der Waals surface area contributed by atoms with Gasteiger partial charge in [-0.2, -0.15) is 23.5 Å². The minimum absolute atomic E-state index is 0.219. The van der Waals surface area contributed by atoms with Crippen LogP contribution in [0.3, 0.4) is 0 Å². The highest BCUT2D eigenvalue weighted by Gasteiger charge is 2.37. The van der Waals surface area contributed by atoms with Crippen molar-refractivity contribution in [1.82, 2.24) is 9.78 Å². The van der Waals surface area contributed by atoms with Gasteiger partial charge in [-0.1, -0.05) is 30.3 Å². The number of halogens is 3. The maximum atomic E-state index is 13.4. The van der Waals surface area contributed by atoms with Crippen molar-refractivity contribution in [2.45, 2.75) is 19.1 Å². The molecule has 1 aromatic carbocycles. The summed E-state index contributed by atoms with van der Waals surface area (Å²) in [6.07, 6.45) is -4.51. The van der Waals surface area contributed by atoms with E-state index >= 15 is 0 Å². The molecule has 1 atom stereocenters. The van der Waals surface area contributed by atoms with Crippen molar-refractivity contribution < 1.29 is 13.2 Å². The van der Waals surface area contributed by atoms with Crippen molar-refractivity contribution in [1.29, 1.82) is 5.26 Å². The largest absolute Gasteiger partial charge is 0.433 e. The van der Waals surface area contributed by atoms with Gasteiger partial charge in [0.15, 0.2) is 0 Å². The van der Waals surface area contributed by atoms with Crippen LogP contribution in [0.1, 0.15) is 29.1 Å². The predicted octanol–water partition coefficient (Wildman–Crippen LogP) is 5.11. The molecular formula is C17H12F3N3S. The molecule has 0 radical (unpaired) electrons. The van der Waals surface area contributed by atoms with Gasteiger partial charge in [0.1, 0.15) is 22.3 Å². The van der Waals surface area contributed by atoms with Gasteiger partial charge < -0.3 is 0 Å². The highest BCUT2D eigenvalue weighted by atomic mass is 32.1. The summed E-state index contributed by atoms with van der Waals surface area (Å²) in [5, 5.41) is 13.0. The third-order valence-corrected chi connectivity index (χ3v) is 4.66. The quantitative estimate of drug-likeness (QED) is 0.660.